The number of urea groups is 1. The molecule has 0 spiro atoms. The van der Waals surface area contributed by atoms with Crippen LogP contribution in [-0.2, 0) is 22.0 Å². The third-order valence-corrected chi connectivity index (χ3v) is 9.28. The number of nitrogens with zero attached hydrogens (tertiary/aromatic N) is 2. The average Bonchev–Trinajstić information content (AvgIpc) is 3.01. The number of amides is 2. The van der Waals surface area contributed by atoms with Crippen LogP contribution in [0.25, 0.3) is 11.1 Å². The van der Waals surface area contributed by atoms with Crippen LogP contribution >= 0.6 is 0 Å². The highest BCUT2D eigenvalue weighted by atomic mass is 32.2. The van der Waals surface area contributed by atoms with Crippen LogP contribution in [0.4, 0.5) is 16.2 Å². The van der Waals surface area contributed by atoms with Gasteiger partial charge in [0.05, 0.1) is 16.9 Å². The number of carbonyl (C=O) groups excluding carboxylic acids is 2. The van der Waals surface area contributed by atoms with Crippen LogP contribution in [0.3, 0.4) is 0 Å². The number of sulfone groups is 1. The van der Waals surface area contributed by atoms with E-state index in [1.54, 1.807) is 64.4 Å². The van der Waals surface area contributed by atoms with Gasteiger partial charge in [0.15, 0.2) is 15.6 Å². The Bertz CT molecular complexity index is 1860. The van der Waals surface area contributed by atoms with Crippen molar-refractivity contribution in [1.29, 1.82) is 0 Å². The number of hydrogen-bond donors (Lipinski definition) is 0. The van der Waals surface area contributed by atoms with Crippen molar-refractivity contribution in [2.75, 3.05) is 29.9 Å². The molecule has 0 unspecified atom stereocenters. The molecule has 4 aromatic rings. The predicted molar refractivity (Wildman–Crippen MR) is 171 cm³/mol. The van der Waals surface area contributed by atoms with Crippen molar-refractivity contribution in [3.8, 4) is 16.9 Å². The third kappa shape index (κ3) is 6.65. The molecule has 222 valence electrons. The Morgan fingerprint density at radius 2 is 1.58 bits per heavy atom. The Balaban J connectivity index is 1.44. The standard InChI is InChI=1S/C35H36N2O5S/c1-4-8-26-13-16-31(17-14-26)36-19-7-20-37(35(36)39)32-12-5-9-27(21-32)24-43(40,41)34-23-30(15-18-33(34)42-3)29-11-6-10-28(22-29)25(2)38/h5-6,9-18,21-23H,4,7-8,19-20,24H2,1-3H3/i3D3. The van der Waals surface area contributed by atoms with Gasteiger partial charge in [0.2, 0.25) is 0 Å². The van der Waals surface area contributed by atoms with Crippen molar-refractivity contribution < 1.29 is 26.9 Å². The molecule has 2 amide bonds. The molecule has 1 heterocycles. The summed E-state index contributed by atoms with van der Waals surface area (Å²) in [4.78, 5) is 28.7. The van der Waals surface area contributed by atoms with Gasteiger partial charge in [0.1, 0.15) is 10.6 Å². The maximum Gasteiger partial charge on any atom is 0.328 e. The maximum atomic E-state index is 13.9. The second-order valence-electron chi connectivity index (χ2n) is 10.7. The summed E-state index contributed by atoms with van der Waals surface area (Å²) in [7, 11) is -7.03. The van der Waals surface area contributed by atoms with Crippen LogP contribution in [0, 0.1) is 0 Å². The summed E-state index contributed by atoms with van der Waals surface area (Å²) in [5, 5.41) is 0. The fourth-order valence-corrected chi connectivity index (χ4v) is 6.87. The molecule has 1 fully saturated rings. The first-order valence-electron chi connectivity index (χ1n) is 15.8. The van der Waals surface area contributed by atoms with E-state index in [9.17, 15) is 18.0 Å². The SMILES string of the molecule is [2H]C([2H])([2H])Oc1ccc(-c2cccc(C(C)=O)c2)cc1S(=O)(=O)Cc1cccc(N2CCCN(c3ccc(CCC)cc3)C2=O)c1. The summed E-state index contributed by atoms with van der Waals surface area (Å²) in [5.74, 6) is -0.897. The number of benzene rings is 4. The highest BCUT2D eigenvalue weighted by Gasteiger charge is 2.29. The molecule has 8 heteroatoms. The van der Waals surface area contributed by atoms with Gasteiger partial charge in [0.25, 0.3) is 0 Å². The lowest BCUT2D eigenvalue weighted by Crippen LogP contribution is -2.49. The van der Waals surface area contributed by atoms with Gasteiger partial charge in [-0.2, -0.15) is 0 Å². The summed E-state index contributed by atoms with van der Waals surface area (Å²) < 4.78 is 55.7. The van der Waals surface area contributed by atoms with Gasteiger partial charge in [0, 0.05) is 30.0 Å². The average molecular weight is 600 g/mol. The lowest BCUT2D eigenvalue weighted by atomic mass is 10.0. The van der Waals surface area contributed by atoms with Crippen LogP contribution in [0.1, 0.15) is 52.3 Å². The number of carbonyl (C=O) groups is 2. The first-order chi connectivity index (χ1) is 21.8. The fraction of sp³-hybridized carbons (Fsp3) is 0.257. The molecule has 5 rings (SSSR count). The maximum absolute atomic E-state index is 13.9. The molecule has 1 aliphatic heterocycles. The number of Topliss-reactive ketones (excluding diaryl/α,β-unsaturated/α-hetero) is 1. The van der Waals surface area contributed by atoms with E-state index in [0.29, 0.717) is 41.0 Å². The van der Waals surface area contributed by atoms with E-state index in [1.165, 1.54) is 24.6 Å². The third-order valence-electron chi connectivity index (χ3n) is 7.58. The number of ether oxygens (including phenoxy) is 1. The van der Waals surface area contributed by atoms with Crippen LogP contribution in [-0.4, -0.2) is 40.4 Å². The number of aryl methyl sites for hydroxylation is 1. The number of hydrogen-bond acceptors (Lipinski definition) is 5. The van der Waals surface area contributed by atoms with E-state index in [-0.39, 0.29) is 22.5 Å². The van der Waals surface area contributed by atoms with E-state index >= 15 is 0 Å². The molecular weight excluding hydrogens is 560 g/mol. The zero-order chi connectivity index (χ0) is 33.1. The number of anilines is 2. The second-order valence-corrected chi connectivity index (χ2v) is 12.6. The molecule has 0 atom stereocenters. The fourth-order valence-electron chi connectivity index (χ4n) is 5.38. The van der Waals surface area contributed by atoms with Crippen molar-refractivity contribution in [2.24, 2.45) is 0 Å². The number of ketones is 1. The molecule has 0 aromatic heterocycles. The normalized spacial score (nSPS) is 15.0. The Hall–Kier alpha value is -4.43. The van der Waals surface area contributed by atoms with Crippen LogP contribution in [0.15, 0.2) is 95.9 Å². The second kappa shape index (κ2) is 12.8. The molecule has 0 bridgehead atoms. The lowest BCUT2D eigenvalue weighted by molar-refractivity contribution is 0.101. The summed E-state index contributed by atoms with van der Waals surface area (Å²) in [6.07, 6.45) is 2.74. The van der Waals surface area contributed by atoms with Gasteiger partial charge in [-0.15, -0.1) is 0 Å². The van der Waals surface area contributed by atoms with E-state index < -0.39 is 22.6 Å². The van der Waals surface area contributed by atoms with E-state index in [1.807, 2.05) is 24.3 Å². The van der Waals surface area contributed by atoms with Crippen LogP contribution in [0.2, 0.25) is 0 Å². The van der Waals surface area contributed by atoms with E-state index in [0.717, 1.165) is 24.9 Å². The molecule has 0 N–H and O–H groups in total. The first kappa shape index (κ1) is 26.2. The van der Waals surface area contributed by atoms with E-state index in [2.05, 4.69) is 6.92 Å². The molecule has 0 aliphatic carbocycles. The Labute approximate surface area is 257 Å². The Kier molecular flexibility index (Phi) is 7.82. The molecule has 1 saturated heterocycles. The van der Waals surface area contributed by atoms with Crippen molar-refractivity contribution in [2.45, 2.75) is 43.8 Å². The molecule has 0 saturated carbocycles. The number of methoxy groups -OCH3 is 1. The molecular formula is C35H36N2O5S. The molecule has 0 radical (unpaired) electrons. The zero-order valence-electron chi connectivity index (χ0n) is 27.2. The molecule has 1 aliphatic rings. The van der Waals surface area contributed by atoms with Gasteiger partial charge < -0.3 is 4.74 Å². The Morgan fingerprint density at radius 1 is 0.860 bits per heavy atom. The smallest absolute Gasteiger partial charge is 0.328 e. The first-order valence-corrected chi connectivity index (χ1v) is 15.9. The summed E-state index contributed by atoms with van der Waals surface area (Å²) in [6, 6.07) is 25.6. The molecule has 43 heavy (non-hydrogen) atoms. The minimum atomic E-state index is -4.15. The largest absolute Gasteiger partial charge is 0.495 e. The summed E-state index contributed by atoms with van der Waals surface area (Å²) in [6.45, 7) is 4.62. The predicted octanol–water partition coefficient (Wildman–Crippen LogP) is 7.33. The van der Waals surface area contributed by atoms with Crippen molar-refractivity contribution in [3.05, 3.63) is 108 Å². The van der Waals surface area contributed by atoms with Crippen molar-refractivity contribution in [1.82, 2.24) is 0 Å². The number of rotatable bonds is 10. The Morgan fingerprint density at radius 3 is 2.30 bits per heavy atom. The highest BCUT2D eigenvalue weighted by Crippen LogP contribution is 2.33. The monoisotopic (exact) mass is 599 g/mol. The van der Waals surface area contributed by atoms with Crippen molar-refractivity contribution in [3.63, 3.8) is 0 Å². The molecule has 7 nitrogen and oxygen atoms in total. The van der Waals surface area contributed by atoms with Gasteiger partial charge in [-0.25, -0.2) is 13.2 Å². The van der Waals surface area contributed by atoms with Crippen molar-refractivity contribution >= 4 is 33.0 Å². The highest BCUT2D eigenvalue weighted by molar-refractivity contribution is 7.90. The van der Waals surface area contributed by atoms with Crippen LogP contribution < -0.4 is 14.5 Å². The topological polar surface area (TPSA) is 84.0 Å². The van der Waals surface area contributed by atoms with Gasteiger partial charge in [-0.3, -0.25) is 14.6 Å². The quantitative estimate of drug-likeness (QED) is 0.178. The van der Waals surface area contributed by atoms with Gasteiger partial charge in [-0.1, -0.05) is 61.9 Å². The summed E-state index contributed by atoms with van der Waals surface area (Å²) in [5.41, 5.74) is 4.55. The zero-order valence-corrected chi connectivity index (χ0v) is 25.1. The molecule has 4 aromatic carbocycles. The minimum absolute atomic E-state index is 0.142. The lowest BCUT2D eigenvalue weighted by Gasteiger charge is -2.36. The summed E-state index contributed by atoms with van der Waals surface area (Å²) >= 11 is 0. The van der Waals surface area contributed by atoms with Crippen LogP contribution in [0.5, 0.6) is 5.75 Å². The van der Waals surface area contributed by atoms with E-state index in [4.69, 9.17) is 8.85 Å². The van der Waals surface area contributed by atoms with Gasteiger partial charge in [-0.05, 0) is 84.5 Å². The van der Waals surface area contributed by atoms with Gasteiger partial charge >= 0.3 is 6.03 Å². The minimum Gasteiger partial charge on any atom is -0.495 e.